The summed E-state index contributed by atoms with van der Waals surface area (Å²) in [7, 11) is -1.77. The number of hydrogen-bond acceptors (Lipinski definition) is 3. The smallest absolute Gasteiger partial charge is 0.405 e. The number of hydrogen-bond donors (Lipinski definition) is 0. The van der Waals surface area contributed by atoms with Crippen molar-refractivity contribution in [2.24, 2.45) is 0 Å². The van der Waals surface area contributed by atoms with Crippen LogP contribution in [0.25, 0.3) is 10.1 Å². The molecule has 0 radical (unpaired) electrons. The minimum absolute atomic E-state index is 0.407. The fraction of sp³-hybridized carbons (Fsp3) is 0.385. The lowest BCUT2D eigenvalue weighted by Crippen LogP contribution is -2.42. The maximum absolute atomic E-state index is 13.2. The van der Waals surface area contributed by atoms with Crippen LogP contribution in [-0.2, 0) is 10.9 Å². The van der Waals surface area contributed by atoms with Crippen molar-refractivity contribution in [2.75, 3.05) is 0 Å². The van der Waals surface area contributed by atoms with Gasteiger partial charge in [-0.1, -0.05) is 32.9 Å². The monoisotopic (exact) mass is 386 g/mol. The van der Waals surface area contributed by atoms with Crippen LogP contribution in [0.5, 0.6) is 0 Å². The molecule has 0 amide bonds. The Bertz CT molecular complexity index is 600. The largest absolute Gasteiger partial charge is 0.600 e. The van der Waals surface area contributed by atoms with Gasteiger partial charge in [-0.2, -0.15) is 0 Å². The topological polar surface area (TPSA) is 69.2 Å². The first kappa shape index (κ1) is 18.4. The fourth-order valence-corrected chi connectivity index (χ4v) is 4.05. The molecule has 0 saturated heterocycles. The van der Waals surface area contributed by atoms with Crippen molar-refractivity contribution in [1.82, 2.24) is 0 Å². The van der Waals surface area contributed by atoms with Crippen LogP contribution in [0, 0.1) is 14.8 Å². The molecule has 118 valence electrons. The van der Waals surface area contributed by atoms with Crippen molar-refractivity contribution >= 4 is 20.6 Å². The summed E-state index contributed by atoms with van der Waals surface area (Å²) in [6.45, 7) is 5.49. The average molecular weight is 387 g/mol. The molecule has 21 heavy (non-hydrogen) atoms. The third kappa shape index (κ3) is 4.93. The highest BCUT2D eigenvalue weighted by Crippen LogP contribution is 2.53. The lowest BCUT2D eigenvalue weighted by atomic mass is 9.94. The summed E-state index contributed by atoms with van der Waals surface area (Å²) in [5.41, 5.74) is -4.65. The third-order valence-electron chi connectivity index (χ3n) is 2.62. The molecule has 3 nitrogen and oxygen atoms in total. The molecule has 0 saturated carbocycles. The molecule has 0 spiro atoms. The van der Waals surface area contributed by atoms with Gasteiger partial charge < -0.3 is 12.6 Å². The quantitative estimate of drug-likeness (QED) is 0.648. The highest BCUT2D eigenvalue weighted by atomic mass is 80.0. The Labute approximate surface area is 128 Å². The molecule has 1 aromatic heterocycles. The van der Waals surface area contributed by atoms with E-state index in [2.05, 4.69) is 0 Å². The van der Waals surface area contributed by atoms with E-state index in [4.69, 9.17) is 12.6 Å². The van der Waals surface area contributed by atoms with Crippen molar-refractivity contribution in [3.05, 3.63) is 35.2 Å². The number of thiophene rings is 1. The Kier molecular flexibility index (Phi) is 5.79. The zero-order valence-corrected chi connectivity index (χ0v) is 13.9. The van der Waals surface area contributed by atoms with Gasteiger partial charge >= 0.3 is 5.51 Å². The van der Waals surface area contributed by atoms with Crippen LogP contribution < -0.4 is 12.6 Å². The molecule has 0 aliphatic heterocycles. The number of halogens is 4. The van der Waals surface area contributed by atoms with Gasteiger partial charge in [-0.25, -0.2) is 0 Å². The molecule has 1 atom stereocenters. The minimum Gasteiger partial charge on any atom is -0.405 e. The number of benzene rings is 1. The predicted octanol–water partition coefficient (Wildman–Crippen LogP) is 1.80. The van der Waals surface area contributed by atoms with E-state index in [1.165, 1.54) is 0 Å². The summed E-state index contributed by atoms with van der Waals surface area (Å²) < 4.78 is 65.5. The van der Waals surface area contributed by atoms with E-state index in [1.807, 2.05) is 20.8 Å². The summed E-state index contributed by atoms with van der Waals surface area (Å²) >= 11 is -3.65. The van der Waals surface area contributed by atoms with Crippen molar-refractivity contribution in [2.45, 2.75) is 31.7 Å². The summed E-state index contributed by atoms with van der Waals surface area (Å²) in [6.07, 6.45) is 0. The van der Waals surface area contributed by atoms with Crippen LogP contribution in [0.2, 0.25) is 0 Å². The second-order valence-corrected chi connectivity index (χ2v) is 7.99. The number of rotatable bonds is 0. The van der Waals surface area contributed by atoms with Gasteiger partial charge in [0.05, 0.1) is 10.5 Å². The maximum atomic E-state index is 13.2. The third-order valence-corrected chi connectivity index (χ3v) is 5.06. The van der Waals surface area contributed by atoms with Crippen molar-refractivity contribution < 1.29 is 40.6 Å². The minimum atomic E-state index is -4.19. The van der Waals surface area contributed by atoms with Crippen LogP contribution in [0.1, 0.15) is 25.6 Å². The molecule has 2 rings (SSSR count). The lowest BCUT2D eigenvalue weighted by Gasteiger charge is -2.13. The van der Waals surface area contributed by atoms with Crippen molar-refractivity contribution in [3.8, 4) is 0 Å². The first-order valence-electron chi connectivity index (χ1n) is 5.80. The Morgan fingerprint density at radius 2 is 1.48 bits per heavy atom. The molecule has 1 aromatic carbocycles. The number of alkyl halides is 3. The van der Waals surface area contributed by atoms with Gasteiger partial charge in [0.2, 0.25) is 14.8 Å². The van der Waals surface area contributed by atoms with E-state index in [0.29, 0.717) is 15.0 Å². The summed E-state index contributed by atoms with van der Waals surface area (Å²) in [4.78, 5) is 0.478. The molecule has 8 heteroatoms. The molecular weight excluding hydrogens is 373 g/mol. The fourth-order valence-electron chi connectivity index (χ4n) is 1.88. The highest BCUT2D eigenvalue weighted by molar-refractivity contribution is 7.38. The SMILES string of the molecule is CC(C)(C)c1cc2ccccc2[s+]1C(F)(F)F.[O-][Br+2]([O-])[O-]. The summed E-state index contributed by atoms with van der Waals surface area (Å²) in [5, 5.41) is 0.707. The van der Waals surface area contributed by atoms with Crippen LogP contribution in [0.3, 0.4) is 0 Å². The van der Waals surface area contributed by atoms with Gasteiger partial charge in [0.1, 0.15) is 0 Å². The molecule has 0 bridgehead atoms. The zero-order valence-electron chi connectivity index (χ0n) is 11.5. The molecular formula is C13H14BrF3O3S. The van der Waals surface area contributed by atoms with Gasteiger partial charge in [-0.3, -0.25) is 0 Å². The van der Waals surface area contributed by atoms with Gasteiger partial charge in [0.15, 0.2) is 9.58 Å². The lowest BCUT2D eigenvalue weighted by molar-refractivity contribution is -1.73. The van der Waals surface area contributed by atoms with Gasteiger partial charge in [-0.05, 0) is 12.1 Å². The van der Waals surface area contributed by atoms with Crippen LogP contribution in [0.4, 0.5) is 13.2 Å². The van der Waals surface area contributed by atoms with Gasteiger partial charge in [-0.15, -0.1) is 13.2 Å². The first-order valence-corrected chi connectivity index (χ1v) is 8.96. The van der Waals surface area contributed by atoms with E-state index >= 15 is 0 Å². The number of fused-ring (bicyclic) bond motifs is 1. The van der Waals surface area contributed by atoms with Crippen LogP contribution in [0.15, 0.2) is 30.3 Å². The molecule has 0 N–H and O–H groups in total. The van der Waals surface area contributed by atoms with Crippen LogP contribution >= 0.6 is 10.5 Å². The van der Waals surface area contributed by atoms with E-state index in [0.717, 1.165) is 0 Å². The van der Waals surface area contributed by atoms with E-state index in [1.54, 1.807) is 30.3 Å². The zero-order chi connectivity index (χ0) is 16.4. The summed E-state index contributed by atoms with van der Waals surface area (Å²) in [6, 6.07) is 8.48. The predicted molar refractivity (Wildman–Crippen MR) is 66.4 cm³/mol. The molecule has 0 aliphatic carbocycles. The van der Waals surface area contributed by atoms with E-state index in [-0.39, 0.29) is 0 Å². The second kappa shape index (κ2) is 6.62. The average Bonchev–Trinajstić information content (AvgIpc) is 2.66. The Morgan fingerprint density at radius 3 is 1.90 bits per heavy atom. The summed E-state index contributed by atoms with van der Waals surface area (Å²) in [5.74, 6) is 0. The first-order chi connectivity index (χ1) is 9.44. The Balaban J connectivity index is 0.000000491. The van der Waals surface area contributed by atoms with E-state index < -0.39 is 36.2 Å². The second-order valence-electron chi connectivity index (χ2n) is 5.24. The van der Waals surface area contributed by atoms with Crippen LogP contribution in [-0.4, -0.2) is 0 Å². The standard InChI is InChI=1S/C13H14F3S.BrO3/c1-12(2,3)11-8-9-6-4-5-7-10(9)17(11)13(14,15)16;2-1(3)4/h4-8H,1-3H3;/q+1;-1. The molecule has 0 aliphatic rings. The van der Waals surface area contributed by atoms with Crippen molar-refractivity contribution in [1.29, 1.82) is 0 Å². The van der Waals surface area contributed by atoms with E-state index in [9.17, 15) is 13.2 Å². The molecule has 1 heterocycles. The molecule has 0 fully saturated rings. The Hall–Kier alpha value is -0.670. The van der Waals surface area contributed by atoms with Gasteiger partial charge in [0.25, 0.3) is 0 Å². The molecule has 1 unspecified atom stereocenters. The highest BCUT2D eigenvalue weighted by Gasteiger charge is 2.50. The molecule has 2 aromatic rings. The van der Waals surface area contributed by atoms with Gasteiger partial charge in [0, 0.05) is 16.9 Å². The maximum Gasteiger partial charge on any atom is 0.600 e. The Morgan fingerprint density at radius 1 is 1.00 bits per heavy atom. The normalized spacial score (nSPS) is 13.3. The van der Waals surface area contributed by atoms with Crippen molar-refractivity contribution in [3.63, 3.8) is 0 Å².